The third kappa shape index (κ3) is 2.85. The zero-order valence-corrected chi connectivity index (χ0v) is 12.3. The second kappa shape index (κ2) is 6.36. The van der Waals surface area contributed by atoms with Crippen molar-refractivity contribution < 1.29 is 0 Å². The van der Waals surface area contributed by atoms with Gasteiger partial charge < -0.3 is 5.32 Å². The summed E-state index contributed by atoms with van der Waals surface area (Å²) >= 11 is 0. The minimum Gasteiger partial charge on any atom is -0.313 e. The molecule has 2 heteroatoms. The molecule has 2 aromatic rings. The normalized spacial score (nSPS) is 18.2. The van der Waals surface area contributed by atoms with Gasteiger partial charge in [0.15, 0.2) is 0 Å². The van der Waals surface area contributed by atoms with Gasteiger partial charge in [-0.15, -0.1) is 0 Å². The van der Waals surface area contributed by atoms with E-state index in [1.165, 1.54) is 54.9 Å². The molecule has 0 bridgehead atoms. The molecule has 1 aromatic carbocycles. The summed E-state index contributed by atoms with van der Waals surface area (Å²) in [4.78, 5) is 4.43. The highest BCUT2D eigenvalue weighted by atomic mass is 14.9. The van der Waals surface area contributed by atoms with Crippen LogP contribution in [0.2, 0.25) is 0 Å². The number of nitrogens with zero attached hydrogens (tertiary/aromatic N) is 1. The second-order valence-electron chi connectivity index (χ2n) is 6.03. The van der Waals surface area contributed by atoms with Gasteiger partial charge in [-0.25, -0.2) is 0 Å². The Morgan fingerprint density at radius 1 is 1.15 bits per heavy atom. The zero-order valence-electron chi connectivity index (χ0n) is 12.3. The summed E-state index contributed by atoms with van der Waals surface area (Å²) in [6.45, 7) is 0. The van der Waals surface area contributed by atoms with Crippen LogP contribution in [0.15, 0.2) is 36.7 Å². The molecule has 1 aromatic heterocycles. The van der Waals surface area contributed by atoms with Gasteiger partial charge in [-0.05, 0) is 30.3 Å². The maximum absolute atomic E-state index is 4.43. The Morgan fingerprint density at radius 3 is 2.75 bits per heavy atom. The highest BCUT2D eigenvalue weighted by Gasteiger charge is 2.20. The summed E-state index contributed by atoms with van der Waals surface area (Å²) in [6.07, 6.45) is 12.3. The molecule has 1 fully saturated rings. The Bertz CT molecular complexity index is 553. The monoisotopic (exact) mass is 268 g/mol. The first-order valence-corrected chi connectivity index (χ1v) is 7.88. The van der Waals surface area contributed by atoms with Crippen molar-refractivity contribution in [1.82, 2.24) is 10.3 Å². The predicted octanol–water partition coefficient (Wildman–Crippen LogP) is 4.47. The van der Waals surface area contributed by atoms with Crippen LogP contribution in [0, 0.1) is 5.92 Å². The van der Waals surface area contributed by atoms with Crippen molar-refractivity contribution in [3.63, 3.8) is 0 Å². The van der Waals surface area contributed by atoms with Crippen LogP contribution in [0.25, 0.3) is 10.8 Å². The first-order chi connectivity index (χ1) is 9.88. The molecule has 0 saturated heterocycles. The molecule has 106 valence electrons. The first-order valence-electron chi connectivity index (χ1n) is 7.88. The number of pyridine rings is 1. The van der Waals surface area contributed by atoms with E-state index in [2.05, 4.69) is 41.6 Å². The molecule has 1 unspecified atom stereocenters. The molecule has 1 N–H and O–H groups in total. The number of hydrogen-bond acceptors (Lipinski definition) is 2. The highest BCUT2D eigenvalue weighted by molar-refractivity contribution is 5.85. The molecule has 0 radical (unpaired) electrons. The van der Waals surface area contributed by atoms with E-state index in [-0.39, 0.29) is 0 Å². The molecular formula is C18H24N2. The van der Waals surface area contributed by atoms with E-state index in [1.54, 1.807) is 0 Å². The largest absolute Gasteiger partial charge is 0.313 e. The minimum atomic E-state index is 0.428. The molecule has 1 saturated carbocycles. The van der Waals surface area contributed by atoms with Gasteiger partial charge >= 0.3 is 0 Å². The summed E-state index contributed by atoms with van der Waals surface area (Å²) < 4.78 is 0. The van der Waals surface area contributed by atoms with E-state index in [4.69, 9.17) is 0 Å². The van der Waals surface area contributed by atoms with Crippen molar-refractivity contribution >= 4 is 10.8 Å². The SMILES string of the molecule is CNC(CC1CCCCC1)c1cncc2ccccc12. The molecule has 1 aliphatic rings. The molecule has 1 heterocycles. The van der Waals surface area contributed by atoms with E-state index >= 15 is 0 Å². The maximum Gasteiger partial charge on any atom is 0.0346 e. The third-order valence-corrected chi connectivity index (χ3v) is 4.72. The van der Waals surface area contributed by atoms with Crippen LogP contribution in [0.4, 0.5) is 0 Å². The van der Waals surface area contributed by atoms with Crippen LogP contribution in [0.3, 0.4) is 0 Å². The predicted molar refractivity (Wildman–Crippen MR) is 84.7 cm³/mol. The summed E-state index contributed by atoms with van der Waals surface area (Å²) in [5, 5.41) is 6.11. The molecule has 3 rings (SSSR count). The third-order valence-electron chi connectivity index (χ3n) is 4.72. The van der Waals surface area contributed by atoms with Gasteiger partial charge in [0, 0.05) is 23.8 Å². The Labute approximate surface area is 121 Å². The van der Waals surface area contributed by atoms with Gasteiger partial charge in [-0.3, -0.25) is 4.98 Å². The highest BCUT2D eigenvalue weighted by Crippen LogP contribution is 2.33. The Morgan fingerprint density at radius 2 is 1.95 bits per heavy atom. The van der Waals surface area contributed by atoms with Gasteiger partial charge in [0.25, 0.3) is 0 Å². The van der Waals surface area contributed by atoms with Crippen molar-refractivity contribution in [2.24, 2.45) is 5.92 Å². The van der Waals surface area contributed by atoms with Gasteiger partial charge in [0.2, 0.25) is 0 Å². The fourth-order valence-corrected chi connectivity index (χ4v) is 3.57. The van der Waals surface area contributed by atoms with Crippen LogP contribution >= 0.6 is 0 Å². The van der Waals surface area contributed by atoms with Crippen LogP contribution in [0.1, 0.15) is 50.1 Å². The smallest absolute Gasteiger partial charge is 0.0346 e. The van der Waals surface area contributed by atoms with E-state index < -0.39 is 0 Å². The number of benzene rings is 1. The number of hydrogen-bond donors (Lipinski definition) is 1. The molecule has 0 amide bonds. The van der Waals surface area contributed by atoms with Crippen LogP contribution in [-0.4, -0.2) is 12.0 Å². The van der Waals surface area contributed by atoms with Crippen molar-refractivity contribution in [2.75, 3.05) is 7.05 Å². The lowest BCUT2D eigenvalue weighted by molar-refractivity contribution is 0.306. The fourth-order valence-electron chi connectivity index (χ4n) is 3.57. The molecular weight excluding hydrogens is 244 g/mol. The lowest BCUT2D eigenvalue weighted by atomic mass is 9.83. The van der Waals surface area contributed by atoms with Gasteiger partial charge in [-0.2, -0.15) is 0 Å². The summed E-state index contributed by atoms with van der Waals surface area (Å²) in [7, 11) is 2.08. The number of nitrogens with one attached hydrogen (secondary N) is 1. The Balaban J connectivity index is 1.86. The van der Waals surface area contributed by atoms with E-state index in [0.29, 0.717) is 6.04 Å². The molecule has 1 atom stereocenters. The van der Waals surface area contributed by atoms with Crippen LogP contribution in [0.5, 0.6) is 0 Å². The van der Waals surface area contributed by atoms with E-state index in [1.807, 2.05) is 12.4 Å². The Kier molecular flexibility index (Phi) is 4.31. The van der Waals surface area contributed by atoms with E-state index in [9.17, 15) is 0 Å². The van der Waals surface area contributed by atoms with Crippen molar-refractivity contribution in [3.05, 3.63) is 42.2 Å². The first kappa shape index (κ1) is 13.6. The number of fused-ring (bicyclic) bond motifs is 1. The number of aromatic nitrogens is 1. The van der Waals surface area contributed by atoms with Crippen molar-refractivity contribution in [2.45, 2.75) is 44.6 Å². The van der Waals surface area contributed by atoms with Crippen LogP contribution in [-0.2, 0) is 0 Å². The topological polar surface area (TPSA) is 24.9 Å². The summed E-state index contributed by atoms with van der Waals surface area (Å²) in [5.74, 6) is 0.875. The lowest BCUT2D eigenvalue weighted by Gasteiger charge is -2.27. The molecule has 0 aliphatic heterocycles. The van der Waals surface area contributed by atoms with Crippen molar-refractivity contribution in [3.8, 4) is 0 Å². The average Bonchev–Trinajstić information content (AvgIpc) is 2.53. The zero-order chi connectivity index (χ0) is 13.8. The molecule has 20 heavy (non-hydrogen) atoms. The number of rotatable bonds is 4. The minimum absolute atomic E-state index is 0.428. The lowest BCUT2D eigenvalue weighted by Crippen LogP contribution is -2.21. The second-order valence-corrected chi connectivity index (χ2v) is 6.03. The summed E-state index contributed by atoms with van der Waals surface area (Å²) in [6, 6.07) is 9.01. The van der Waals surface area contributed by atoms with Gasteiger partial charge in [0.05, 0.1) is 0 Å². The average molecular weight is 268 g/mol. The molecule has 0 spiro atoms. The quantitative estimate of drug-likeness (QED) is 0.885. The van der Waals surface area contributed by atoms with Gasteiger partial charge in [-0.1, -0.05) is 56.4 Å². The standard InChI is InChI=1S/C18H24N2/c1-19-18(11-14-7-3-2-4-8-14)17-13-20-12-15-9-5-6-10-16(15)17/h5-6,9-10,12-14,18-19H,2-4,7-8,11H2,1H3. The maximum atomic E-state index is 4.43. The fraction of sp³-hybridized carbons (Fsp3) is 0.500. The molecule has 1 aliphatic carbocycles. The molecule has 2 nitrogen and oxygen atoms in total. The van der Waals surface area contributed by atoms with Crippen molar-refractivity contribution in [1.29, 1.82) is 0 Å². The Hall–Kier alpha value is -1.41. The van der Waals surface area contributed by atoms with E-state index in [0.717, 1.165) is 5.92 Å². The van der Waals surface area contributed by atoms with Gasteiger partial charge in [0.1, 0.15) is 0 Å². The van der Waals surface area contributed by atoms with Crippen LogP contribution < -0.4 is 5.32 Å². The summed E-state index contributed by atoms with van der Waals surface area (Å²) in [5.41, 5.74) is 1.36.